The third-order valence-electron chi connectivity index (χ3n) is 5.68. The van der Waals surface area contributed by atoms with Crippen molar-refractivity contribution in [1.29, 1.82) is 0 Å². The standard InChI is InChI=1S/C25H37N5O11S/c26-5-8-42-16-20(31)27-18-3-1-17(2-4-18)9-19(30(14-24(38)39)15-25(40)41)10-28(11-21(32)33)6-7-29(12-22(34)35)13-23(36)37/h1-4,19H,5-16,26H2,(H,27,31)(H,32,33)(H,34,35)(H,36,37)(H,38,39)(H,40,41). The van der Waals surface area contributed by atoms with Crippen LogP contribution in [0.4, 0.5) is 5.69 Å². The van der Waals surface area contributed by atoms with E-state index in [1.54, 1.807) is 24.3 Å². The fourth-order valence-electron chi connectivity index (χ4n) is 4.02. The Kier molecular flexibility index (Phi) is 16.7. The summed E-state index contributed by atoms with van der Waals surface area (Å²) < 4.78 is 0. The van der Waals surface area contributed by atoms with Crippen LogP contribution in [0.5, 0.6) is 0 Å². The van der Waals surface area contributed by atoms with Crippen molar-refractivity contribution in [3.05, 3.63) is 29.8 Å². The third kappa shape index (κ3) is 16.5. The van der Waals surface area contributed by atoms with E-state index in [1.165, 1.54) is 21.6 Å². The first kappa shape index (κ1) is 36.3. The van der Waals surface area contributed by atoms with E-state index in [0.29, 0.717) is 23.5 Å². The summed E-state index contributed by atoms with van der Waals surface area (Å²) in [6, 6.07) is 5.76. The molecule has 0 spiro atoms. The van der Waals surface area contributed by atoms with E-state index in [1.807, 2.05) is 0 Å². The number of aliphatic carboxylic acids is 5. The molecule has 42 heavy (non-hydrogen) atoms. The van der Waals surface area contributed by atoms with Gasteiger partial charge in [-0.05, 0) is 24.1 Å². The van der Waals surface area contributed by atoms with Gasteiger partial charge in [0, 0.05) is 43.7 Å². The number of amides is 1. The normalized spacial score (nSPS) is 11.9. The molecular formula is C25H37N5O11S. The first-order chi connectivity index (χ1) is 19.8. The molecule has 0 radical (unpaired) electrons. The molecule has 234 valence electrons. The zero-order valence-electron chi connectivity index (χ0n) is 22.9. The minimum Gasteiger partial charge on any atom is -0.480 e. The molecule has 0 saturated heterocycles. The van der Waals surface area contributed by atoms with Gasteiger partial charge in [0.05, 0.1) is 38.5 Å². The maximum atomic E-state index is 12.1. The Morgan fingerprint density at radius 3 is 1.69 bits per heavy atom. The van der Waals surface area contributed by atoms with E-state index in [-0.39, 0.29) is 37.7 Å². The smallest absolute Gasteiger partial charge is 0.317 e. The summed E-state index contributed by atoms with van der Waals surface area (Å²) in [5, 5.41) is 49.2. The summed E-state index contributed by atoms with van der Waals surface area (Å²) in [6.45, 7) is -2.97. The number of anilines is 1. The van der Waals surface area contributed by atoms with Gasteiger partial charge >= 0.3 is 29.8 Å². The van der Waals surface area contributed by atoms with E-state index in [9.17, 15) is 44.1 Å². The van der Waals surface area contributed by atoms with Crippen LogP contribution in [-0.4, -0.2) is 152 Å². The Morgan fingerprint density at radius 1 is 0.738 bits per heavy atom. The molecule has 8 N–H and O–H groups in total. The van der Waals surface area contributed by atoms with Crippen molar-refractivity contribution >= 4 is 53.2 Å². The zero-order chi connectivity index (χ0) is 31.7. The van der Waals surface area contributed by atoms with E-state index in [4.69, 9.17) is 15.9 Å². The molecule has 1 unspecified atom stereocenters. The number of rotatable bonds is 23. The topological polar surface area (TPSA) is 251 Å². The number of nitrogens with two attached hydrogens (primary N) is 1. The lowest BCUT2D eigenvalue weighted by atomic mass is 10.0. The highest BCUT2D eigenvalue weighted by molar-refractivity contribution is 7.99. The maximum Gasteiger partial charge on any atom is 0.317 e. The van der Waals surface area contributed by atoms with Crippen LogP contribution in [0.25, 0.3) is 0 Å². The lowest BCUT2D eigenvalue weighted by molar-refractivity contribution is -0.144. The van der Waals surface area contributed by atoms with Crippen LogP contribution in [0.1, 0.15) is 5.56 Å². The quantitative estimate of drug-likeness (QED) is 0.0696. The molecule has 0 aromatic heterocycles. The van der Waals surface area contributed by atoms with Gasteiger partial charge in [0.15, 0.2) is 0 Å². The third-order valence-corrected chi connectivity index (χ3v) is 6.67. The van der Waals surface area contributed by atoms with Crippen molar-refractivity contribution in [1.82, 2.24) is 14.7 Å². The van der Waals surface area contributed by atoms with Crippen molar-refractivity contribution in [3.8, 4) is 0 Å². The molecule has 1 rings (SSSR count). The fourth-order valence-corrected chi connectivity index (χ4v) is 4.58. The fraction of sp³-hybridized carbons (Fsp3) is 0.520. The largest absolute Gasteiger partial charge is 0.480 e. The lowest BCUT2D eigenvalue weighted by Gasteiger charge is -2.34. The average Bonchev–Trinajstić information content (AvgIpc) is 2.86. The van der Waals surface area contributed by atoms with E-state index in [2.05, 4.69) is 5.32 Å². The molecule has 0 saturated carbocycles. The molecule has 0 aliphatic heterocycles. The average molecular weight is 616 g/mol. The second kappa shape index (κ2) is 19.4. The Balaban J connectivity index is 3.18. The molecule has 0 heterocycles. The Hall–Kier alpha value is -3.77. The van der Waals surface area contributed by atoms with E-state index in [0.717, 1.165) is 4.90 Å². The van der Waals surface area contributed by atoms with Crippen LogP contribution in [0, 0.1) is 0 Å². The van der Waals surface area contributed by atoms with Gasteiger partial charge in [-0.15, -0.1) is 0 Å². The number of thioether (sulfide) groups is 1. The minimum atomic E-state index is -1.30. The highest BCUT2D eigenvalue weighted by Crippen LogP contribution is 2.16. The number of benzene rings is 1. The second-order valence-electron chi connectivity index (χ2n) is 9.26. The highest BCUT2D eigenvalue weighted by Gasteiger charge is 2.27. The lowest BCUT2D eigenvalue weighted by Crippen LogP contribution is -2.51. The SMILES string of the molecule is NCCSCC(=O)Nc1ccc(CC(CN(CCN(CC(=O)O)CC(=O)O)CC(=O)O)N(CC(=O)O)CC(=O)O)cc1. The second-order valence-corrected chi connectivity index (χ2v) is 10.4. The van der Waals surface area contributed by atoms with Crippen LogP contribution >= 0.6 is 11.8 Å². The number of hydrogen-bond acceptors (Lipinski definition) is 11. The van der Waals surface area contributed by atoms with Gasteiger partial charge in [0.2, 0.25) is 5.91 Å². The first-order valence-electron chi connectivity index (χ1n) is 12.7. The summed E-state index contributed by atoms with van der Waals surface area (Å²) >= 11 is 1.38. The number of nitrogens with zero attached hydrogens (tertiary/aromatic N) is 3. The van der Waals surface area contributed by atoms with Gasteiger partial charge in [0.1, 0.15) is 0 Å². The van der Waals surface area contributed by atoms with Gasteiger partial charge < -0.3 is 36.6 Å². The molecule has 17 heteroatoms. The first-order valence-corrected chi connectivity index (χ1v) is 13.9. The molecule has 0 aliphatic rings. The molecule has 1 aromatic rings. The van der Waals surface area contributed by atoms with Gasteiger partial charge in [-0.1, -0.05) is 12.1 Å². The molecular weight excluding hydrogens is 578 g/mol. The van der Waals surface area contributed by atoms with Gasteiger partial charge in [-0.2, -0.15) is 11.8 Å². The van der Waals surface area contributed by atoms with Crippen molar-refractivity contribution in [2.45, 2.75) is 12.5 Å². The summed E-state index contributed by atoms with van der Waals surface area (Å²) in [5.74, 6) is -5.77. The number of carbonyl (C=O) groups excluding carboxylic acids is 1. The molecule has 0 fully saturated rings. The Morgan fingerprint density at radius 2 is 1.21 bits per heavy atom. The minimum absolute atomic E-state index is 0.0928. The van der Waals surface area contributed by atoms with Crippen molar-refractivity contribution in [2.24, 2.45) is 5.73 Å². The Bertz CT molecular complexity index is 1040. The summed E-state index contributed by atoms with van der Waals surface area (Å²) in [7, 11) is 0. The van der Waals surface area contributed by atoms with Crippen molar-refractivity contribution in [3.63, 3.8) is 0 Å². The number of carboxylic acids is 5. The Labute approximate surface area is 246 Å². The van der Waals surface area contributed by atoms with Crippen LogP contribution in [0.3, 0.4) is 0 Å². The van der Waals surface area contributed by atoms with Gasteiger partial charge in [-0.3, -0.25) is 43.5 Å². The molecule has 1 aromatic carbocycles. The monoisotopic (exact) mass is 615 g/mol. The van der Waals surface area contributed by atoms with Gasteiger partial charge in [0.25, 0.3) is 0 Å². The zero-order valence-corrected chi connectivity index (χ0v) is 23.7. The van der Waals surface area contributed by atoms with Crippen LogP contribution in [0.15, 0.2) is 24.3 Å². The molecule has 16 nitrogen and oxygen atoms in total. The number of nitrogens with one attached hydrogen (secondary N) is 1. The summed E-state index contributed by atoms with van der Waals surface area (Å²) in [6.07, 6.45) is 0.102. The van der Waals surface area contributed by atoms with Gasteiger partial charge in [-0.25, -0.2) is 0 Å². The number of carbonyl (C=O) groups is 6. The molecule has 0 bridgehead atoms. The van der Waals surface area contributed by atoms with Crippen molar-refractivity contribution < 1.29 is 54.3 Å². The predicted octanol–water partition coefficient (Wildman–Crippen LogP) is -1.44. The van der Waals surface area contributed by atoms with Crippen LogP contribution in [0.2, 0.25) is 0 Å². The van der Waals surface area contributed by atoms with E-state index < -0.39 is 68.6 Å². The summed E-state index contributed by atoms with van der Waals surface area (Å²) in [5.41, 5.74) is 6.57. The number of hydrogen-bond donors (Lipinski definition) is 7. The van der Waals surface area contributed by atoms with E-state index >= 15 is 0 Å². The molecule has 1 amide bonds. The summed E-state index contributed by atoms with van der Waals surface area (Å²) in [4.78, 5) is 72.7. The molecule has 1 atom stereocenters. The highest BCUT2D eigenvalue weighted by atomic mass is 32.2. The maximum absolute atomic E-state index is 12.1. The molecule has 0 aliphatic carbocycles. The van der Waals surface area contributed by atoms with Crippen LogP contribution < -0.4 is 11.1 Å². The van der Waals surface area contributed by atoms with Crippen LogP contribution in [-0.2, 0) is 35.2 Å². The predicted molar refractivity (Wildman–Crippen MR) is 152 cm³/mol. The van der Waals surface area contributed by atoms with Crippen molar-refractivity contribution in [2.75, 3.05) is 75.7 Å². The number of carboxylic acid groups (broad SMARTS) is 5.